The maximum absolute atomic E-state index is 10.4. The molecule has 2 aromatic rings. The van der Waals surface area contributed by atoms with E-state index in [1.165, 1.54) is 0 Å². The van der Waals surface area contributed by atoms with Gasteiger partial charge >= 0.3 is 5.97 Å². The average Bonchev–Trinajstić information content (AvgIpc) is 2.38. The molecule has 0 bridgehead atoms. The summed E-state index contributed by atoms with van der Waals surface area (Å²) in [7, 11) is 0. The molecular formula is C15H18N2O2. The number of nitrogens with one attached hydrogen (secondary N) is 1. The van der Waals surface area contributed by atoms with Crippen LogP contribution in [0.5, 0.6) is 0 Å². The Kier molecular flexibility index (Phi) is 4.34. The fourth-order valence-electron chi connectivity index (χ4n) is 2.01. The van der Waals surface area contributed by atoms with E-state index in [0.29, 0.717) is 6.42 Å². The van der Waals surface area contributed by atoms with Crippen LogP contribution in [0.25, 0.3) is 10.9 Å². The fraction of sp³-hybridized carbons (Fsp3) is 0.333. The van der Waals surface area contributed by atoms with E-state index in [4.69, 9.17) is 5.11 Å². The topological polar surface area (TPSA) is 62.2 Å². The number of aliphatic carboxylic acids is 1. The number of anilines is 1. The van der Waals surface area contributed by atoms with Crippen molar-refractivity contribution in [1.82, 2.24) is 4.98 Å². The summed E-state index contributed by atoms with van der Waals surface area (Å²) >= 11 is 0. The lowest BCUT2D eigenvalue weighted by molar-refractivity contribution is -0.137. The number of pyridine rings is 1. The summed E-state index contributed by atoms with van der Waals surface area (Å²) in [6.45, 7) is 2.78. The lowest BCUT2D eigenvalue weighted by atomic mass is 10.1. The molecule has 0 unspecified atom stereocenters. The molecule has 0 amide bonds. The fourth-order valence-corrected chi connectivity index (χ4v) is 2.01. The van der Waals surface area contributed by atoms with Gasteiger partial charge in [0.05, 0.1) is 5.52 Å². The van der Waals surface area contributed by atoms with Crippen LogP contribution in [0.1, 0.15) is 24.8 Å². The van der Waals surface area contributed by atoms with Crippen molar-refractivity contribution in [3.63, 3.8) is 0 Å². The molecule has 0 saturated heterocycles. The number of rotatable bonds is 6. The largest absolute Gasteiger partial charge is 0.481 e. The minimum atomic E-state index is -0.736. The van der Waals surface area contributed by atoms with Crippen LogP contribution in [0.4, 0.5) is 5.82 Å². The van der Waals surface area contributed by atoms with Gasteiger partial charge in [0.25, 0.3) is 0 Å². The number of aromatic nitrogens is 1. The number of hydrogen-bond acceptors (Lipinski definition) is 3. The van der Waals surface area contributed by atoms with E-state index in [0.717, 1.165) is 35.2 Å². The average molecular weight is 258 g/mol. The number of fused-ring (bicyclic) bond motifs is 1. The summed E-state index contributed by atoms with van der Waals surface area (Å²) in [5.41, 5.74) is 2.08. The van der Waals surface area contributed by atoms with Crippen LogP contribution in [-0.4, -0.2) is 22.6 Å². The Hall–Kier alpha value is -2.10. The van der Waals surface area contributed by atoms with Crippen molar-refractivity contribution in [2.45, 2.75) is 26.2 Å². The number of hydrogen-bond donors (Lipinski definition) is 2. The summed E-state index contributed by atoms with van der Waals surface area (Å²) < 4.78 is 0. The molecular weight excluding hydrogens is 240 g/mol. The predicted molar refractivity (Wildman–Crippen MR) is 76.5 cm³/mol. The van der Waals surface area contributed by atoms with Crippen LogP contribution < -0.4 is 5.32 Å². The van der Waals surface area contributed by atoms with Crippen molar-refractivity contribution in [2.24, 2.45) is 0 Å². The molecule has 0 aliphatic heterocycles. The minimum absolute atomic E-state index is 0.228. The van der Waals surface area contributed by atoms with Crippen LogP contribution in [0.3, 0.4) is 0 Å². The van der Waals surface area contributed by atoms with Gasteiger partial charge in [0, 0.05) is 18.4 Å². The van der Waals surface area contributed by atoms with E-state index in [2.05, 4.69) is 16.4 Å². The zero-order valence-corrected chi connectivity index (χ0v) is 11.0. The van der Waals surface area contributed by atoms with Gasteiger partial charge < -0.3 is 10.4 Å². The van der Waals surface area contributed by atoms with Crippen LogP contribution in [0.15, 0.2) is 30.3 Å². The highest BCUT2D eigenvalue weighted by atomic mass is 16.4. The number of para-hydroxylation sites is 1. The van der Waals surface area contributed by atoms with Gasteiger partial charge in [0.2, 0.25) is 0 Å². The number of carbonyl (C=O) groups is 1. The lowest BCUT2D eigenvalue weighted by Crippen LogP contribution is -2.06. The smallest absolute Gasteiger partial charge is 0.303 e. The van der Waals surface area contributed by atoms with Crippen LogP contribution >= 0.6 is 0 Å². The van der Waals surface area contributed by atoms with Gasteiger partial charge in [-0.3, -0.25) is 4.79 Å². The molecule has 0 spiro atoms. The maximum Gasteiger partial charge on any atom is 0.303 e. The molecule has 2 N–H and O–H groups in total. The molecule has 1 aromatic heterocycles. The first-order chi connectivity index (χ1) is 9.16. The number of carboxylic acid groups (broad SMARTS) is 1. The van der Waals surface area contributed by atoms with Gasteiger partial charge in [-0.2, -0.15) is 0 Å². The molecule has 19 heavy (non-hydrogen) atoms. The van der Waals surface area contributed by atoms with Crippen molar-refractivity contribution >= 4 is 22.7 Å². The Bertz CT molecular complexity index is 581. The van der Waals surface area contributed by atoms with Gasteiger partial charge in [0.1, 0.15) is 5.82 Å². The van der Waals surface area contributed by atoms with E-state index >= 15 is 0 Å². The zero-order valence-electron chi connectivity index (χ0n) is 11.0. The second kappa shape index (κ2) is 6.18. The SMILES string of the molecule is Cc1cc2ccccc2nc1NCCCCC(=O)O. The number of benzene rings is 1. The predicted octanol–water partition coefficient (Wildman–Crippen LogP) is 3.21. The summed E-state index contributed by atoms with van der Waals surface area (Å²) in [6.07, 6.45) is 1.75. The lowest BCUT2D eigenvalue weighted by Gasteiger charge is -2.09. The first kappa shape index (κ1) is 13.3. The number of unbranched alkanes of at least 4 members (excludes halogenated alkanes) is 1. The highest BCUT2D eigenvalue weighted by molar-refractivity contribution is 5.81. The van der Waals surface area contributed by atoms with Crippen LogP contribution in [0, 0.1) is 6.92 Å². The molecule has 0 aliphatic rings. The first-order valence-electron chi connectivity index (χ1n) is 6.49. The quantitative estimate of drug-likeness (QED) is 0.781. The minimum Gasteiger partial charge on any atom is -0.481 e. The van der Waals surface area contributed by atoms with Gasteiger partial charge in [0.15, 0.2) is 0 Å². The molecule has 0 saturated carbocycles. The monoisotopic (exact) mass is 258 g/mol. The Morgan fingerprint density at radius 1 is 1.32 bits per heavy atom. The Morgan fingerprint density at radius 2 is 2.11 bits per heavy atom. The third kappa shape index (κ3) is 3.68. The van der Waals surface area contributed by atoms with E-state index < -0.39 is 5.97 Å². The van der Waals surface area contributed by atoms with Gasteiger partial charge in [-0.15, -0.1) is 0 Å². The number of carboxylic acids is 1. The Labute approximate surface area is 112 Å². The summed E-state index contributed by atoms with van der Waals surface area (Å²) in [5, 5.41) is 13.0. The molecule has 1 aromatic carbocycles. The standard InChI is InChI=1S/C15H18N2O2/c1-11-10-12-6-2-3-7-13(12)17-15(11)16-9-5-4-8-14(18)19/h2-3,6-7,10H,4-5,8-9H2,1H3,(H,16,17)(H,18,19). The Balaban J connectivity index is 1.96. The summed E-state index contributed by atoms with van der Waals surface area (Å²) in [6, 6.07) is 10.1. The van der Waals surface area contributed by atoms with E-state index in [1.807, 2.05) is 31.2 Å². The first-order valence-corrected chi connectivity index (χ1v) is 6.49. The van der Waals surface area contributed by atoms with Crippen LogP contribution in [-0.2, 0) is 4.79 Å². The molecule has 2 rings (SSSR count). The molecule has 0 atom stereocenters. The van der Waals surface area contributed by atoms with Crippen molar-refractivity contribution < 1.29 is 9.90 Å². The van der Waals surface area contributed by atoms with E-state index in [1.54, 1.807) is 0 Å². The zero-order chi connectivity index (χ0) is 13.7. The molecule has 0 fully saturated rings. The number of nitrogens with zero attached hydrogens (tertiary/aromatic N) is 1. The molecule has 0 aliphatic carbocycles. The van der Waals surface area contributed by atoms with Gasteiger partial charge in [-0.25, -0.2) is 4.98 Å². The summed E-state index contributed by atoms with van der Waals surface area (Å²) in [5.74, 6) is 0.147. The third-order valence-electron chi connectivity index (χ3n) is 3.02. The van der Waals surface area contributed by atoms with E-state index in [9.17, 15) is 4.79 Å². The molecule has 4 nitrogen and oxygen atoms in total. The van der Waals surface area contributed by atoms with Crippen molar-refractivity contribution in [3.8, 4) is 0 Å². The Morgan fingerprint density at radius 3 is 2.89 bits per heavy atom. The normalized spacial score (nSPS) is 10.6. The van der Waals surface area contributed by atoms with Crippen molar-refractivity contribution in [3.05, 3.63) is 35.9 Å². The molecule has 4 heteroatoms. The van der Waals surface area contributed by atoms with Crippen molar-refractivity contribution in [1.29, 1.82) is 0 Å². The van der Waals surface area contributed by atoms with Crippen LogP contribution in [0.2, 0.25) is 0 Å². The molecule has 100 valence electrons. The summed E-state index contributed by atoms with van der Waals surface area (Å²) in [4.78, 5) is 15.0. The molecule has 1 heterocycles. The van der Waals surface area contributed by atoms with Crippen molar-refractivity contribution in [2.75, 3.05) is 11.9 Å². The maximum atomic E-state index is 10.4. The highest BCUT2D eigenvalue weighted by Crippen LogP contribution is 2.19. The van der Waals surface area contributed by atoms with E-state index in [-0.39, 0.29) is 6.42 Å². The number of aryl methyl sites for hydroxylation is 1. The second-order valence-electron chi connectivity index (χ2n) is 4.62. The van der Waals surface area contributed by atoms with Gasteiger partial charge in [-0.05, 0) is 37.5 Å². The van der Waals surface area contributed by atoms with Gasteiger partial charge in [-0.1, -0.05) is 18.2 Å². The third-order valence-corrected chi connectivity index (χ3v) is 3.02. The second-order valence-corrected chi connectivity index (χ2v) is 4.62. The molecule has 0 radical (unpaired) electrons. The highest BCUT2D eigenvalue weighted by Gasteiger charge is 2.03.